The molecule has 0 aliphatic carbocycles. The third-order valence-electron chi connectivity index (χ3n) is 3.04. The van der Waals surface area contributed by atoms with Gasteiger partial charge in [0, 0.05) is 12.1 Å². The Bertz CT molecular complexity index is 488. The lowest BCUT2D eigenvalue weighted by atomic mass is 10.1. The van der Waals surface area contributed by atoms with Crippen LogP contribution in [0.5, 0.6) is 5.75 Å². The summed E-state index contributed by atoms with van der Waals surface area (Å²) in [6.45, 7) is 3.98. The number of carbonyl (C=O) groups is 2. The molecule has 1 atom stereocenters. The Morgan fingerprint density at radius 1 is 1.19 bits per heavy atom. The number of urea groups is 1. The molecule has 2 amide bonds. The maximum Gasteiger partial charge on any atom is 0.328 e. The molecule has 0 heterocycles. The summed E-state index contributed by atoms with van der Waals surface area (Å²) in [5.41, 5.74) is 0.856. The van der Waals surface area contributed by atoms with Crippen LogP contribution in [-0.2, 0) is 16.1 Å². The van der Waals surface area contributed by atoms with Crippen molar-refractivity contribution in [3.8, 4) is 5.75 Å². The first-order chi connectivity index (χ1) is 9.99. The predicted octanol–water partition coefficient (Wildman–Crippen LogP) is 1.69. The van der Waals surface area contributed by atoms with E-state index in [0.29, 0.717) is 12.3 Å². The quantitative estimate of drug-likeness (QED) is 0.783. The van der Waals surface area contributed by atoms with Gasteiger partial charge in [-0.05, 0) is 12.0 Å². The molecule has 0 bridgehead atoms. The fourth-order valence-corrected chi connectivity index (χ4v) is 1.84. The van der Waals surface area contributed by atoms with E-state index < -0.39 is 18.0 Å². The fraction of sp³-hybridized carbons (Fsp3) is 0.467. The first-order valence-electron chi connectivity index (χ1n) is 6.73. The zero-order valence-electron chi connectivity index (χ0n) is 12.8. The van der Waals surface area contributed by atoms with Crippen molar-refractivity contribution >= 4 is 12.0 Å². The van der Waals surface area contributed by atoms with Crippen molar-refractivity contribution in [3.63, 3.8) is 0 Å². The second-order valence-electron chi connectivity index (χ2n) is 4.88. The number of esters is 1. The molecule has 1 aromatic rings. The average Bonchev–Trinajstić information content (AvgIpc) is 2.49. The van der Waals surface area contributed by atoms with Crippen LogP contribution >= 0.6 is 0 Å². The number of para-hydroxylation sites is 1. The molecule has 0 aliphatic rings. The summed E-state index contributed by atoms with van der Waals surface area (Å²) in [5.74, 6) is 0.179. The molecule has 0 unspecified atom stereocenters. The maximum absolute atomic E-state index is 11.9. The molecule has 6 nitrogen and oxygen atoms in total. The number of ether oxygens (including phenoxy) is 2. The fourth-order valence-electron chi connectivity index (χ4n) is 1.84. The molecule has 0 aliphatic heterocycles. The monoisotopic (exact) mass is 294 g/mol. The number of rotatable bonds is 6. The van der Waals surface area contributed by atoms with Crippen LogP contribution in [0.15, 0.2) is 24.3 Å². The predicted molar refractivity (Wildman–Crippen MR) is 79.0 cm³/mol. The van der Waals surface area contributed by atoms with Crippen LogP contribution < -0.4 is 15.4 Å². The number of hydrogen-bond donors (Lipinski definition) is 2. The van der Waals surface area contributed by atoms with Gasteiger partial charge < -0.3 is 20.1 Å². The van der Waals surface area contributed by atoms with E-state index in [1.165, 1.54) is 7.11 Å². The van der Waals surface area contributed by atoms with Crippen LogP contribution in [0.2, 0.25) is 0 Å². The van der Waals surface area contributed by atoms with E-state index in [-0.39, 0.29) is 5.92 Å². The molecule has 0 aromatic heterocycles. The molecule has 0 saturated carbocycles. The number of benzene rings is 1. The summed E-state index contributed by atoms with van der Waals surface area (Å²) >= 11 is 0. The Morgan fingerprint density at radius 2 is 1.86 bits per heavy atom. The molecule has 116 valence electrons. The third-order valence-corrected chi connectivity index (χ3v) is 3.04. The highest BCUT2D eigenvalue weighted by atomic mass is 16.5. The lowest BCUT2D eigenvalue weighted by molar-refractivity contribution is -0.143. The van der Waals surface area contributed by atoms with Gasteiger partial charge in [-0.2, -0.15) is 0 Å². The Kier molecular flexibility index (Phi) is 6.52. The number of methoxy groups -OCH3 is 2. The molecule has 0 spiro atoms. The van der Waals surface area contributed by atoms with Crippen LogP contribution in [-0.4, -0.2) is 32.3 Å². The van der Waals surface area contributed by atoms with Gasteiger partial charge in [0.15, 0.2) is 0 Å². The van der Waals surface area contributed by atoms with Gasteiger partial charge in [-0.1, -0.05) is 32.0 Å². The number of hydrogen-bond acceptors (Lipinski definition) is 4. The highest BCUT2D eigenvalue weighted by Gasteiger charge is 2.24. The molecule has 0 fully saturated rings. The minimum Gasteiger partial charge on any atom is -0.496 e. The molecule has 0 radical (unpaired) electrons. The lowest BCUT2D eigenvalue weighted by Gasteiger charge is -2.20. The molecule has 0 saturated heterocycles. The Balaban J connectivity index is 2.59. The number of carbonyl (C=O) groups excluding carboxylic acids is 2. The van der Waals surface area contributed by atoms with E-state index in [0.717, 1.165) is 5.56 Å². The average molecular weight is 294 g/mol. The van der Waals surface area contributed by atoms with Gasteiger partial charge in [-0.25, -0.2) is 9.59 Å². The van der Waals surface area contributed by atoms with Gasteiger partial charge in [-0.15, -0.1) is 0 Å². The highest BCUT2D eigenvalue weighted by molar-refractivity contribution is 5.83. The standard InChI is InChI=1S/C15H22N2O4/c1-10(2)13(14(18)21-4)17-15(19)16-9-11-7-5-6-8-12(11)20-3/h5-8,10,13H,9H2,1-4H3,(H2,16,17,19)/t13-/m0/s1. The molecular weight excluding hydrogens is 272 g/mol. The van der Waals surface area contributed by atoms with Crippen molar-refractivity contribution in [1.82, 2.24) is 10.6 Å². The Morgan fingerprint density at radius 3 is 2.43 bits per heavy atom. The van der Waals surface area contributed by atoms with Crippen LogP contribution in [0.1, 0.15) is 19.4 Å². The van der Waals surface area contributed by atoms with Crippen molar-refractivity contribution in [2.24, 2.45) is 5.92 Å². The van der Waals surface area contributed by atoms with Gasteiger partial charge in [0.25, 0.3) is 0 Å². The van der Waals surface area contributed by atoms with Crippen LogP contribution in [0.4, 0.5) is 4.79 Å². The summed E-state index contributed by atoms with van der Waals surface area (Å²) in [5, 5.41) is 5.31. The largest absolute Gasteiger partial charge is 0.496 e. The first-order valence-corrected chi connectivity index (χ1v) is 6.73. The second kappa shape index (κ2) is 8.14. The molecule has 1 aromatic carbocycles. The normalized spacial score (nSPS) is 11.7. The minimum absolute atomic E-state index is 0.0607. The van der Waals surface area contributed by atoms with Crippen LogP contribution in [0, 0.1) is 5.92 Å². The van der Waals surface area contributed by atoms with Gasteiger partial charge in [0.1, 0.15) is 11.8 Å². The summed E-state index contributed by atoms with van der Waals surface area (Å²) in [4.78, 5) is 23.5. The summed E-state index contributed by atoms with van der Waals surface area (Å²) in [6.07, 6.45) is 0. The highest BCUT2D eigenvalue weighted by Crippen LogP contribution is 2.16. The first kappa shape index (κ1) is 16.8. The molecule has 1 rings (SSSR count). The minimum atomic E-state index is -0.673. The van der Waals surface area contributed by atoms with Crippen molar-refractivity contribution in [2.75, 3.05) is 14.2 Å². The summed E-state index contributed by atoms with van der Waals surface area (Å²) in [6, 6.07) is 6.30. The Hall–Kier alpha value is -2.24. The van der Waals surface area contributed by atoms with E-state index in [2.05, 4.69) is 15.4 Å². The SMILES string of the molecule is COC(=O)[C@@H](NC(=O)NCc1ccccc1OC)C(C)C. The van der Waals surface area contributed by atoms with Crippen molar-refractivity contribution in [2.45, 2.75) is 26.4 Å². The maximum atomic E-state index is 11.9. The van der Waals surface area contributed by atoms with E-state index in [1.807, 2.05) is 38.1 Å². The van der Waals surface area contributed by atoms with E-state index >= 15 is 0 Å². The van der Waals surface area contributed by atoms with Gasteiger partial charge in [-0.3, -0.25) is 0 Å². The zero-order valence-corrected chi connectivity index (χ0v) is 12.8. The third kappa shape index (κ3) is 4.98. The van der Waals surface area contributed by atoms with Crippen LogP contribution in [0.3, 0.4) is 0 Å². The van der Waals surface area contributed by atoms with Crippen LogP contribution in [0.25, 0.3) is 0 Å². The van der Waals surface area contributed by atoms with Gasteiger partial charge in [0.2, 0.25) is 0 Å². The number of nitrogens with one attached hydrogen (secondary N) is 2. The van der Waals surface area contributed by atoms with E-state index in [9.17, 15) is 9.59 Å². The molecule has 21 heavy (non-hydrogen) atoms. The molecule has 2 N–H and O–H groups in total. The van der Waals surface area contributed by atoms with E-state index in [1.54, 1.807) is 7.11 Å². The Labute approximate surface area is 124 Å². The van der Waals surface area contributed by atoms with Crippen molar-refractivity contribution in [3.05, 3.63) is 29.8 Å². The lowest BCUT2D eigenvalue weighted by Crippen LogP contribution is -2.48. The summed E-state index contributed by atoms with van der Waals surface area (Å²) < 4.78 is 9.88. The van der Waals surface area contributed by atoms with Crippen molar-refractivity contribution < 1.29 is 19.1 Å². The van der Waals surface area contributed by atoms with Gasteiger partial charge in [0.05, 0.1) is 14.2 Å². The molecular formula is C15H22N2O4. The zero-order chi connectivity index (χ0) is 15.8. The summed E-state index contributed by atoms with van der Waals surface area (Å²) in [7, 11) is 2.87. The smallest absolute Gasteiger partial charge is 0.328 e. The topological polar surface area (TPSA) is 76.7 Å². The second-order valence-corrected chi connectivity index (χ2v) is 4.88. The van der Waals surface area contributed by atoms with Gasteiger partial charge >= 0.3 is 12.0 Å². The molecule has 6 heteroatoms. The van der Waals surface area contributed by atoms with E-state index in [4.69, 9.17) is 4.74 Å². The van der Waals surface area contributed by atoms with Crippen molar-refractivity contribution in [1.29, 1.82) is 0 Å². The number of amides is 2.